The van der Waals surface area contributed by atoms with Gasteiger partial charge in [0, 0.05) is 43.9 Å². The van der Waals surface area contributed by atoms with E-state index in [4.69, 9.17) is 44.7 Å². The number of carboxylic acids is 2. The van der Waals surface area contributed by atoms with Gasteiger partial charge in [-0.15, -0.1) is 0 Å². The van der Waals surface area contributed by atoms with Crippen LogP contribution in [0.1, 0.15) is 82.8 Å². The fourth-order valence-electron chi connectivity index (χ4n) is 7.30. The third-order valence-corrected chi connectivity index (χ3v) is 12.6. The lowest BCUT2D eigenvalue weighted by Crippen LogP contribution is -2.59. The summed E-state index contributed by atoms with van der Waals surface area (Å²) in [5, 5.41) is 42.4. The summed E-state index contributed by atoms with van der Waals surface area (Å²) in [5.74, 6) is -3.92. The molecule has 0 bridgehead atoms. The van der Waals surface area contributed by atoms with Crippen LogP contribution in [0, 0.1) is 0 Å². The zero-order valence-electron chi connectivity index (χ0n) is 45.2. The molecule has 1 aliphatic rings. The number of aliphatic carboxylic acids is 2. The van der Waals surface area contributed by atoms with Crippen molar-refractivity contribution >= 4 is 96.3 Å². The second kappa shape index (κ2) is 38.8. The van der Waals surface area contributed by atoms with Crippen LogP contribution in [-0.2, 0) is 65.6 Å². The van der Waals surface area contributed by atoms with E-state index in [0.29, 0.717) is 30.4 Å². The number of phenols is 1. The van der Waals surface area contributed by atoms with Gasteiger partial charge < -0.3 is 80.8 Å². The third kappa shape index (κ3) is 28.3. The van der Waals surface area contributed by atoms with Gasteiger partial charge in [-0.2, -0.15) is 25.3 Å². The number of nitrogens with two attached hydrogens (primary N) is 6. The van der Waals surface area contributed by atoms with Gasteiger partial charge in [-0.05, 0) is 55.4 Å². The molecule has 22 N–H and O–H groups in total. The molecule has 1 aliphatic heterocycles. The van der Waals surface area contributed by atoms with Gasteiger partial charge in [-0.3, -0.25) is 63.6 Å². The number of nitrogens with one attached hydrogen (secondary N) is 7. The summed E-state index contributed by atoms with van der Waals surface area (Å²) in [6.45, 7) is 4.32. The molecule has 1 fully saturated rings. The van der Waals surface area contributed by atoms with Crippen LogP contribution in [0.25, 0.3) is 0 Å². The van der Waals surface area contributed by atoms with Crippen molar-refractivity contribution in [2.45, 2.75) is 133 Å². The first-order chi connectivity index (χ1) is 38.3. The summed E-state index contributed by atoms with van der Waals surface area (Å²) in [5.41, 5.74) is 30.1. The van der Waals surface area contributed by atoms with Crippen LogP contribution in [0.4, 0.5) is 0 Å². The molecule has 450 valence electrons. The molecule has 9 amide bonds. The molecule has 0 spiro atoms. The molecule has 2 aromatic carbocycles. The van der Waals surface area contributed by atoms with E-state index >= 15 is 0 Å². The largest absolute Gasteiger partial charge is 0.508 e. The Balaban J connectivity index is 0.000000759. The van der Waals surface area contributed by atoms with Crippen LogP contribution in [-0.4, -0.2) is 171 Å². The van der Waals surface area contributed by atoms with Crippen molar-refractivity contribution in [1.82, 2.24) is 42.2 Å². The lowest BCUT2D eigenvalue weighted by Gasteiger charge is -2.29. The third-order valence-electron chi connectivity index (χ3n) is 11.8. The Kier molecular flexibility index (Phi) is 34.1. The molecule has 81 heavy (non-hydrogen) atoms. The van der Waals surface area contributed by atoms with E-state index in [1.807, 2.05) is 0 Å². The number of aromatic hydroxyl groups is 1. The van der Waals surface area contributed by atoms with Crippen molar-refractivity contribution in [1.29, 1.82) is 0 Å². The number of unbranched alkanes of at least 4 members (excludes halogenated alkanes) is 1. The van der Waals surface area contributed by atoms with Gasteiger partial charge in [0.2, 0.25) is 53.2 Å². The van der Waals surface area contributed by atoms with Gasteiger partial charge in [0.25, 0.3) is 0 Å². The van der Waals surface area contributed by atoms with Crippen LogP contribution in [0.2, 0.25) is 0 Å². The van der Waals surface area contributed by atoms with Crippen molar-refractivity contribution < 1.29 is 68.1 Å². The zero-order chi connectivity index (χ0) is 61.2. The first-order valence-electron chi connectivity index (χ1n) is 25.7. The smallest absolute Gasteiger partial charge is 0.305 e. The van der Waals surface area contributed by atoms with Crippen molar-refractivity contribution in [3.8, 4) is 5.75 Å². The van der Waals surface area contributed by atoms with Crippen molar-refractivity contribution in [3.05, 3.63) is 65.7 Å². The van der Waals surface area contributed by atoms with Gasteiger partial charge in [0.05, 0.1) is 19.0 Å². The molecular weight excluding hydrogens is 1100 g/mol. The summed E-state index contributed by atoms with van der Waals surface area (Å²) in [6.07, 6.45) is 2.64. The Bertz CT molecular complexity index is 2420. The van der Waals surface area contributed by atoms with Crippen molar-refractivity contribution in [2.24, 2.45) is 39.5 Å². The Labute approximate surface area is 479 Å². The van der Waals surface area contributed by atoms with E-state index in [2.05, 4.69) is 81.4 Å². The number of amides is 9. The number of benzene rings is 2. The number of rotatable bonds is 32. The monoisotopic (exact) mass is 1180 g/mol. The number of carbonyl (C=O) groups excluding carboxylic acids is 9. The van der Waals surface area contributed by atoms with Crippen LogP contribution in [0.15, 0.2) is 59.6 Å². The van der Waals surface area contributed by atoms with Gasteiger partial charge in [-0.25, -0.2) is 5.43 Å². The Morgan fingerprint density at radius 2 is 1.21 bits per heavy atom. The van der Waals surface area contributed by atoms with Crippen LogP contribution >= 0.6 is 25.3 Å². The van der Waals surface area contributed by atoms with Crippen molar-refractivity contribution in [2.75, 3.05) is 31.1 Å². The van der Waals surface area contributed by atoms with Gasteiger partial charge in [0.15, 0.2) is 5.96 Å². The van der Waals surface area contributed by atoms with Crippen LogP contribution < -0.4 is 71.8 Å². The Morgan fingerprint density at radius 1 is 0.667 bits per heavy atom. The number of carboxylic acid groups (broad SMARTS) is 2. The number of hydrogen-bond acceptors (Lipinski definition) is 18. The fraction of sp³-hybridized carbons (Fsp3) is 0.520. The standard InChI is InChI=1S/C26H33N5O7S.C20H36N10O7S.C4H10/c27-18(14-39)24(36)30-20(13-16-6-8-17(32)9-7-16)26(38)31-21(12-15-4-2-1-3-5-15)25(37)29-19(23(28)35)10-11-22(33)34;21-14(31)8-26-16(34)10(3-1-5-25-20(22)23)27-18(36)13-4-2-6-30(13)19(37)12(9-38)28-17(35)11(29-24)7-15(32)33;1-3-4-2/h1-9,18-21,32,39H,10-14,27H2,(H2,28,35)(H,29,37)(H,30,36)(H,31,38)(H,33,34);10-13,29,38H,1-9,24H2,(H2,21,31)(H,26,34)(H,27,36)(H,28,35)(H,32,33)(H4,22,23,25);3-4H2,1-2H3/t18-,19-,20-,21-;10-,11-,12-,13-;/m00./s1. The number of nitrogens with zero attached hydrogens (tertiary/aromatic N) is 2. The highest BCUT2D eigenvalue weighted by atomic mass is 32.1. The number of guanidine groups is 1. The van der Waals surface area contributed by atoms with E-state index in [1.165, 1.54) is 29.9 Å². The number of primary amides is 2. The zero-order valence-corrected chi connectivity index (χ0v) is 47.0. The maximum Gasteiger partial charge on any atom is 0.305 e. The Morgan fingerprint density at radius 3 is 1.70 bits per heavy atom. The van der Waals surface area contributed by atoms with Crippen LogP contribution in [0.3, 0.4) is 0 Å². The molecule has 0 unspecified atom stereocenters. The van der Waals surface area contributed by atoms with E-state index in [9.17, 15) is 57.8 Å². The lowest BCUT2D eigenvalue weighted by atomic mass is 10.0. The first kappa shape index (κ1) is 71.3. The molecule has 2 aromatic rings. The number of hydrogen-bond donors (Lipinski definition) is 18. The lowest BCUT2D eigenvalue weighted by molar-refractivity contribution is -0.142. The number of hydrazine groups is 1. The molecule has 0 radical (unpaired) electrons. The summed E-state index contributed by atoms with van der Waals surface area (Å²) >= 11 is 8.12. The molecule has 0 aromatic heterocycles. The van der Waals surface area contributed by atoms with E-state index in [-0.39, 0.29) is 62.0 Å². The SMILES string of the molecule is CCCC.NC(=O)[C@H](CCC(=O)O)NC(=O)[C@H](Cc1ccccc1)NC(=O)[C@H](Cc1ccc(O)cc1)NC(=O)[C@@H](N)CS.NN[C@@H](CC(=O)O)C(=O)N[C@@H](CS)C(=O)N1CCC[C@H]1C(=O)N[C@@H](CCCN=C(N)N)C(=O)NCC(N)=O. The maximum absolute atomic E-state index is 13.4. The van der Waals surface area contributed by atoms with E-state index in [0.717, 1.165) is 0 Å². The quantitative estimate of drug-likeness (QED) is 0.00826. The molecule has 29 nitrogen and oxygen atoms in total. The Hall–Kier alpha value is -7.74. The number of likely N-dealkylation sites (tertiary alicyclic amines) is 1. The minimum Gasteiger partial charge on any atom is -0.508 e. The van der Waals surface area contributed by atoms with Gasteiger partial charge >= 0.3 is 11.9 Å². The molecular formula is C50H79N15O14S2. The van der Waals surface area contributed by atoms with Gasteiger partial charge in [0.1, 0.15) is 48.0 Å². The second-order valence-corrected chi connectivity index (χ2v) is 19.0. The topological polar surface area (TPSA) is 504 Å². The average molecular weight is 1180 g/mol. The summed E-state index contributed by atoms with van der Waals surface area (Å²) in [7, 11) is 0. The number of phenolic OH excluding ortho intramolecular Hbond substituents is 1. The fourth-order valence-corrected chi connectivity index (χ4v) is 7.71. The number of thiol groups is 2. The predicted molar refractivity (Wildman–Crippen MR) is 304 cm³/mol. The normalized spacial score (nSPS) is 15.0. The number of carbonyl (C=O) groups is 11. The highest BCUT2D eigenvalue weighted by molar-refractivity contribution is 7.80. The minimum atomic E-state index is -1.29. The van der Waals surface area contributed by atoms with Crippen molar-refractivity contribution in [3.63, 3.8) is 0 Å². The molecule has 0 aliphatic carbocycles. The maximum atomic E-state index is 13.4. The molecule has 8 atom stereocenters. The molecule has 1 heterocycles. The number of aliphatic imine (C=N–C) groups is 1. The van der Waals surface area contributed by atoms with E-state index < -0.39 is 133 Å². The predicted octanol–water partition coefficient (Wildman–Crippen LogP) is -4.12. The van der Waals surface area contributed by atoms with Crippen LogP contribution in [0.5, 0.6) is 5.75 Å². The van der Waals surface area contributed by atoms with Gasteiger partial charge in [-0.1, -0.05) is 69.2 Å². The molecule has 3 rings (SSSR count). The molecule has 0 saturated carbocycles. The highest BCUT2D eigenvalue weighted by Crippen LogP contribution is 2.20. The summed E-state index contributed by atoms with van der Waals surface area (Å²) in [4.78, 5) is 140. The first-order valence-corrected chi connectivity index (χ1v) is 27.0. The highest BCUT2D eigenvalue weighted by Gasteiger charge is 2.39. The van der Waals surface area contributed by atoms with E-state index in [1.54, 1.807) is 42.5 Å². The average Bonchev–Trinajstić information content (AvgIpc) is 4.00. The molecule has 31 heteroatoms. The summed E-state index contributed by atoms with van der Waals surface area (Å²) in [6, 6.07) is 5.67. The summed E-state index contributed by atoms with van der Waals surface area (Å²) < 4.78 is 0. The second-order valence-electron chi connectivity index (χ2n) is 18.3. The molecule has 1 saturated heterocycles. The minimum absolute atomic E-state index is 0.0132.